The quantitative estimate of drug-likeness (QED) is 0.400. The van der Waals surface area contributed by atoms with Gasteiger partial charge in [0.05, 0.1) is 0 Å². The summed E-state index contributed by atoms with van der Waals surface area (Å²) in [6.45, 7) is 14.7. The zero-order valence-electron chi connectivity index (χ0n) is 19.4. The first-order valence-electron chi connectivity index (χ1n) is 11.5. The molecule has 0 amide bonds. The SMILES string of the molecule is CCN(CC)CCCN(Cc1cn(CC)c2ccccc12)C(=S)Nc1ccc(C)cc1. The van der Waals surface area contributed by atoms with Crippen molar-refractivity contribution in [2.24, 2.45) is 0 Å². The Kier molecular flexibility index (Phi) is 8.50. The van der Waals surface area contributed by atoms with E-state index in [0.717, 1.165) is 56.5 Å². The summed E-state index contributed by atoms with van der Waals surface area (Å²) >= 11 is 5.88. The van der Waals surface area contributed by atoms with Gasteiger partial charge >= 0.3 is 0 Å². The summed E-state index contributed by atoms with van der Waals surface area (Å²) in [6.07, 6.45) is 3.38. The van der Waals surface area contributed by atoms with Crippen LogP contribution in [-0.2, 0) is 13.1 Å². The molecule has 2 aromatic carbocycles. The predicted molar refractivity (Wildman–Crippen MR) is 138 cm³/mol. The van der Waals surface area contributed by atoms with E-state index in [-0.39, 0.29) is 0 Å². The molecule has 0 bridgehead atoms. The molecular weight excluding hydrogens is 400 g/mol. The van der Waals surface area contributed by atoms with E-state index in [0.29, 0.717) is 0 Å². The second-order valence-corrected chi connectivity index (χ2v) is 8.44. The average Bonchev–Trinajstić information content (AvgIpc) is 3.15. The van der Waals surface area contributed by atoms with Crippen LogP contribution in [-0.4, -0.2) is 45.7 Å². The normalized spacial score (nSPS) is 11.3. The molecule has 31 heavy (non-hydrogen) atoms. The Labute approximate surface area is 192 Å². The molecule has 0 unspecified atom stereocenters. The van der Waals surface area contributed by atoms with Crippen molar-refractivity contribution >= 4 is 33.9 Å². The number of anilines is 1. The molecule has 0 aliphatic heterocycles. The summed E-state index contributed by atoms with van der Waals surface area (Å²) in [5.74, 6) is 0. The molecule has 3 rings (SSSR count). The van der Waals surface area contributed by atoms with Gasteiger partial charge in [-0.15, -0.1) is 0 Å². The predicted octanol–water partition coefficient (Wildman–Crippen LogP) is 5.90. The fourth-order valence-electron chi connectivity index (χ4n) is 4.03. The number of aromatic nitrogens is 1. The van der Waals surface area contributed by atoms with E-state index >= 15 is 0 Å². The molecule has 4 nitrogen and oxygen atoms in total. The second-order valence-electron chi connectivity index (χ2n) is 8.06. The highest BCUT2D eigenvalue weighted by Gasteiger charge is 2.15. The van der Waals surface area contributed by atoms with Crippen molar-refractivity contribution in [3.8, 4) is 0 Å². The standard InChI is InChI=1S/C26H36N4S/c1-5-28(6-2)17-10-18-30(26(31)27-23-15-13-21(4)14-16-23)20-22-19-29(7-3)25-12-9-8-11-24(22)25/h8-9,11-16,19H,5-7,10,17-18,20H2,1-4H3,(H,27,31). The smallest absolute Gasteiger partial charge is 0.173 e. The average molecular weight is 437 g/mol. The maximum Gasteiger partial charge on any atom is 0.173 e. The maximum atomic E-state index is 5.88. The molecular formula is C26H36N4S. The third-order valence-electron chi connectivity index (χ3n) is 5.96. The van der Waals surface area contributed by atoms with Gasteiger partial charge in [0.1, 0.15) is 0 Å². The van der Waals surface area contributed by atoms with Crippen LogP contribution in [0.5, 0.6) is 0 Å². The lowest BCUT2D eigenvalue weighted by molar-refractivity contribution is 0.281. The van der Waals surface area contributed by atoms with E-state index in [1.54, 1.807) is 0 Å². The van der Waals surface area contributed by atoms with E-state index in [1.807, 2.05) is 0 Å². The van der Waals surface area contributed by atoms with Crippen LogP contribution in [0, 0.1) is 6.92 Å². The van der Waals surface area contributed by atoms with E-state index in [1.165, 1.54) is 22.0 Å². The van der Waals surface area contributed by atoms with Crippen molar-refractivity contribution in [2.75, 3.05) is 31.5 Å². The van der Waals surface area contributed by atoms with Crippen molar-refractivity contribution in [2.45, 2.75) is 47.2 Å². The van der Waals surface area contributed by atoms with Gasteiger partial charge in [-0.2, -0.15) is 0 Å². The van der Waals surface area contributed by atoms with Crippen LogP contribution in [0.3, 0.4) is 0 Å². The number of fused-ring (bicyclic) bond motifs is 1. The molecule has 0 aliphatic rings. The maximum absolute atomic E-state index is 5.88. The second kappa shape index (κ2) is 11.3. The van der Waals surface area contributed by atoms with Crippen molar-refractivity contribution in [3.05, 3.63) is 65.9 Å². The lowest BCUT2D eigenvalue weighted by Gasteiger charge is -2.27. The molecule has 0 spiro atoms. The van der Waals surface area contributed by atoms with Gasteiger partial charge < -0.3 is 19.7 Å². The molecule has 0 saturated heterocycles. The lowest BCUT2D eigenvalue weighted by Crippen LogP contribution is -2.36. The third-order valence-corrected chi connectivity index (χ3v) is 6.32. The Balaban J connectivity index is 1.79. The molecule has 5 heteroatoms. The van der Waals surface area contributed by atoms with Crippen LogP contribution >= 0.6 is 12.2 Å². The number of rotatable bonds is 10. The van der Waals surface area contributed by atoms with Gasteiger partial charge in [0.25, 0.3) is 0 Å². The number of nitrogens with zero attached hydrogens (tertiary/aromatic N) is 3. The van der Waals surface area contributed by atoms with Crippen LogP contribution in [0.4, 0.5) is 5.69 Å². The van der Waals surface area contributed by atoms with Gasteiger partial charge in [-0.1, -0.05) is 49.7 Å². The monoisotopic (exact) mass is 436 g/mol. The molecule has 1 N–H and O–H groups in total. The molecule has 1 heterocycles. The minimum atomic E-state index is 0.789. The Morgan fingerprint density at radius 2 is 1.68 bits per heavy atom. The lowest BCUT2D eigenvalue weighted by atomic mass is 10.1. The number of thiocarbonyl (C=S) groups is 1. The molecule has 0 fully saturated rings. The van der Waals surface area contributed by atoms with Crippen LogP contribution < -0.4 is 5.32 Å². The number of hydrogen-bond donors (Lipinski definition) is 1. The first-order valence-corrected chi connectivity index (χ1v) is 11.9. The zero-order valence-corrected chi connectivity index (χ0v) is 20.2. The Hall–Kier alpha value is -2.37. The van der Waals surface area contributed by atoms with E-state index in [4.69, 9.17) is 12.2 Å². The number of benzene rings is 2. The summed E-state index contributed by atoms with van der Waals surface area (Å²) in [4.78, 5) is 4.79. The van der Waals surface area contributed by atoms with Gasteiger partial charge in [0.15, 0.2) is 5.11 Å². The highest BCUT2D eigenvalue weighted by molar-refractivity contribution is 7.80. The van der Waals surface area contributed by atoms with Gasteiger partial charge in [-0.3, -0.25) is 0 Å². The van der Waals surface area contributed by atoms with E-state index in [2.05, 4.69) is 102 Å². The van der Waals surface area contributed by atoms with Crippen molar-refractivity contribution in [1.29, 1.82) is 0 Å². The van der Waals surface area contributed by atoms with Crippen LogP contribution in [0.15, 0.2) is 54.7 Å². The van der Waals surface area contributed by atoms with Gasteiger partial charge in [0.2, 0.25) is 0 Å². The van der Waals surface area contributed by atoms with Gasteiger partial charge in [-0.25, -0.2) is 0 Å². The highest BCUT2D eigenvalue weighted by atomic mass is 32.1. The molecule has 0 aliphatic carbocycles. The minimum absolute atomic E-state index is 0.789. The number of hydrogen-bond acceptors (Lipinski definition) is 2. The number of nitrogens with one attached hydrogen (secondary N) is 1. The number of para-hydroxylation sites is 1. The van der Waals surface area contributed by atoms with Crippen LogP contribution in [0.1, 0.15) is 38.3 Å². The Morgan fingerprint density at radius 1 is 0.968 bits per heavy atom. The van der Waals surface area contributed by atoms with Crippen molar-refractivity contribution in [3.63, 3.8) is 0 Å². The van der Waals surface area contributed by atoms with Gasteiger partial charge in [-0.05, 0) is 75.9 Å². The Morgan fingerprint density at radius 3 is 2.35 bits per heavy atom. The molecule has 3 aromatic rings. The highest BCUT2D eigenvalue weighted by Crippen LogP contribution is 2.23. The summed E-state index contributed by atoms with van der Waals surface area (Å²) in [5.41, 5.74) is 4.91. The van der Waals surface area contributed by atoms with Crippen LogP contribution in [0.25, 0.3) is 10.9 Å². The van der Waals surface area contributed by atoms with Crippen LogP contribution in [0.2, 0.25) is 0 Å². The molecule has 0 saturated carbocycles. The Bertz CT molecular complexity index is 973. The topological polar surface area (TPSA) is 23.4 Å². The van der Waals surface area contributed by atoms with Crippen molar-refractivity contribution in [1.82, 2.24) is 14.4 Å². The first-order chi connectivity index (χ1) is 15.0. The summed E-state index contributed by atoms with van der Waals surface area (Å²) in [7, 11) is 0. The van der Waals surface area contributed by atoms with E-state index < -0.39 is 0 Å². The van der Waals surface area contributed by atoms with E-state index in [9.17, 15) is 0 Å². The molecule has 1 aromatic heterocycles. The molecule has 0 radical (unpaired) electrons. The molecule has 166 valence electrons. The summed E-state index contributed by atoms with van der Waals surface area (Å²) in [6, 6.07) is 17.1. The first kappa shape index (κ1) is 23.3. The third kappa shape index (κ3) is 6.08. The van der Waals surface area contributed by atoms with Gasteiger partial charge in [0, 0.05) is 42.4 Å². The van der Waals surface area contributed by atoms with Crippen molar-refractivity contribution < 1.29 is 0 Å². The largest absolute Gasteiger partial charge is 0.347 e. The summed E-state index contributed by atoms with van der Waals surface area (Å²) in [5, 5.41) is 5.57. The minimum Gasteiger partial charge on any atom is -0.347 e. The zero-order chi connectivity index (χ0) is 22.2. The molecule has 0 atom stereocenters. The number of aryl methyl sites for hydroxylation is 2. The fourth-order valence-corrected chi connectivity index (χ4v) is 4.31. The summed E-state index contributed by atoms with van der Waals surface area (Å²) < 4.78 is 2.33. The fraction of sp³-hybridized carbons (Fsp3) is 0.423.